The van der Waals surface area contributed by atoms with Gasteiger partial charge in [0.1, 0.15) is 11.9 Å². The molecule has 5 nitrogen and oxygen atoms in total. The molecule has 3 rings (SSSR count). The van der Waals surface area contributed by atoms with Crippen molar-refractivity contribution in [1.29, 1.82) is 5.26 Å². The molecule has 0 spiro atoms. The van der Waals surface area contributed by atoms with Crippen molar-refractivity contribution in [3.05, 3.63) is 47.9 Å². The average molecular weight is 279 g/mol. The molecular weight excluding hydrogens is 262 g/mol. The van der Waals surface area contributed by atoms with Crippen LogP contribution in [0.15, 0.2) is 36.7 Å². The molecule has 0 unspecified atom stereocenters. The number of rotatable bonds is 5. The van der Waals surface area contributed by atoms with Crippen LogP contribution < -0.4 is 10.2 Å². The third-order valence-electron chi connectivity index (χ3n) is 3.66. The standard InChI is InChI=1S/C16H17N5/c17-10-14-11-20-16(12-19-14)18-7-3-8-21-9-6-13-4-1-2-5-15(13)21/h1-2,4-5,11-12H,3,6-9H2,(H,18,20). The Morgan fingerprint density at radius 3 is 2.95 bits per heavy atom. The first kappa shape index (κ1) is 13.4. The third-order valence-corrected chi connectivity index (χ3v) is 3.66. The van der Waals surface area contributed by atoms with E-state index in [0.717, 1.165) is 38.3 Å². The van der Waals surface area contributed by atoms with E-state index < -0.39 is 0 Å². The maximum atomic E-state index is 8.67. The van der Waals surface area contributed by atoms with Crippen molar-refractivity contribution in [2.45, 2.75) is 12.8 Å². The highest BCUT2D eigenvalue weighted by Gasteiger charge is 2.17. The van der Waals surface area contributed by atoms with Gasteiger partial charge in [0.25, 0.3) is 0 Å². The molecule has 1 aromatic carbocycles. The molecule has 5 heteroatoms. The van der Waals surface area contributed by atoms with Gasteiger partial charge in [-0.3, -0.25) is 0 Å². The largest absolute Gasteiger partial charge is 0.371 e. The van der Waals surface area contributed by atoms with Gasteiger partial charge in [0, 0.05) is 25.3 Å². The van der Waals surface area contributed by atoms with Crippen molar-refractivity contribution in [3.8, 4) is 6.07 Å². The zero-order chi connectivity index (χ0) is 14.5. The highest BCUT2D eigenvalue weighted by Crippen LogP contribution is 2.27. The molecular formula is C16H17N5. The Hall–Kier alpha value is -2.61. The van der Waals surface area contributed by atoms with E-state index in [4.69, 9.17) is 5.26 Å². The van der Waals surface area contributed by atoms with Crippen molar-refractivity contribution in [2.24, 2.45) is 0 Å². The minimum absolute atomic E-state index is 0.342. The fourth-order valence-electron chi connectivity index (χ4n) is 2.60. The van der Waals surface area contributed by atoms with Crippen LogP contribution in [0.3, 0.4) is 0 Å². The number of hydrogen-bond acceptors (Lipinski definition) is 5. The van der Waals surface area contributed by atoms with Crippen molar-refractivity contribution in [1.82, 2.24) is 9.97 Å². The predicted molar refractivity (Wildman–Crippen MR) is 82.2 cm³/mol. The van der Waals surface area contributed by atoms with Crippen molar-refractivity contribution >= 4 is 11.5 Å². The summed E-state index contributed by atoms with van der Waals surface area (Å²) in [5.41, 5.74) is 3.16. The molecule has 1 N–H and O–H groups in total. The fourth-order valence-corrected chi connectivity index (χ4v) is 2.60. The minimum Gasteiger partial charge on any atom is -0.371 e. The number of para-hydroxylation sites is 1. The topological polar surface area (TPSA) is 64.8 Å². The maximum Gasteiger partial charge on any atom is 0.158 e. The number of nitrogens with one attached hydrogen (secondary N) is 1. The first-order valence-corrected chi connectivity index (χ1v) is 7.16. The first-order valence-electron chi connectivity index (χ1n) is 7.16. The smallest absolute Gasteiger partial charge is 0.158 e. The SMILES string of the molecule is N#Cc1cnc(NCCCN2CCc3ccccc32)cn1. The van der Waals surface area contributed by atoms with E-state index in [0.29, 0.717) is 5.69 Å². The van der Waals surface area contributed by atoms with Crippen LogP contribution in [0, 0.1) is 11.3 Å². The summed E-state index contributed by atoms with van der Waals surface area (Å²) >= 11 is 0. The van der Waals surface area contributed by atoms with Crippen LogP contribution in [0.5, 0.6) is 0 Å². The Labute approximate surface area is 124 Å². The van der Waals surface area contributed by atoms with E-state index >= 15 is 0 Å². The predicted octanol–water partition coefficient (Wildman–Crippen LogP) is 2.21. The van der Waals surface area contributed by atoms with Gasteiger partial charge in [0.05, 0.1) is 12.4 Å². The van der Waals surface area contributed by atoms with Crippen LogP contribution in [-0.2, 0) is 6.42 Å². The number of aromatic nitrogens is 2. The first-order chi connectivity index (χ1) is 10.4. The zero-order valence-electron chi connectivity index (χ0n) is 11.8. The number of hydrogen-bond donors (Lipinski definition) is 1. The van der Waals surface area contributed by atoms with Crippen molar-refractivity contribution < 1.29 is 0 Å². The highest BCUT2D eigenvalue weighted by molar-refractivity contribution is 5.57. The van der Waals surface area contributed by atoms with Gasteiger partial charge in [-0.15, -0.1) is 0 Å². The molecule has 0 saturated carbocycles. The Balaban J connectivity index is 1.46. The summed E-state index contributed by atoms with van der Waals surface area (Å²) in [7, 11) is 0. The lowest BCUT2D eigenvalue weighted by atomic mass is 10.2. The number of anilines is 2. The summed E-state index contributed by atoms with van der Waals surface area (Å²) in [5, 5.41) is 11.9. The van der Waals surface area contributed by atoms with Gasteiger partial charge >= 0.3 is 0 Å². The minimum atomic E-state index is 0.342. The quantitative estimate of drug-likeness (QED) is 0.850. The summed E-state index contributed by atoms with van der Waals surface area (Å²) in [5.74, 6) is 0.718. The van der Waals surface area contributed by atoms with Gasteiger partial charge in [-0.1, -0.05) is 18.2 Å². The number of fused-ring (bicyclic) bond motifs is 1. The van der Waals surface area contributed by atoms with E-state index in [1.165, 1.54) is 17.4 Å². The molecule has 0 bridgehead atoms. The second kappa shape index (κ2) is 6.23. The molecule has 0 atom stereocenters. The van der Waals surface area contributed by atoms with Crippen LogP contribution >= 0.6 is 0 Å². The van der Waals surface area contributed by atoms with E-state index in [-0.39, 0.29) is 0 Å². The van der Waals surface area contributed by atoms with E-state index in [1.807, 2.05) is 6.07 Å². The summed E-state index contributed by atoms with van der Waals surface area (Å²) in [4.78, 5) is 10.6. The Morgan fingerprint density at radius 2 is 2.14 bits per heavy atom. The molecule has 106 valence electrons. The van der Waals surface area contributed by atoms with E-state index in [2.05, 4.69) is 44.5 Å². The Kier molecular flexibility index (Phi) is 3.97. The molecule has 1 aliphatic heterocycles. The Bertz CT molecular complexity index is 644. The van der Waals surface area contributed by atoms with E-state index in [1.54, 1.807) is 6.20 Å². The molecule has 0 amide bonds. The normalized spacial score (nSPS) is 12.8. The number of nitriles is 1. The summed E-state index contributed by atoms with van der Waals surface area (Å²) in [6.45, 7) is 2.99. The van der Waals surface area contributed by atoms with Crippen LogP contribution in [0.2, 0.25) is 0 Å². The molecule has 0 fully saturated rings. The lowest BCUT2D eigenvalue weighted by Gasteiger charge is -2.19. The van der Waals surface area contributed by atoms with Gasteiger partial charge in [-0.25, -0.2) is 9.97 Å². The van der Waals surface area contributed by atoms with Gasteiger partial charge < -0.3 is 10.2 Å². The van der Waals surface area contributed by atoms with Crippen LogP contribution in [-0.4, -0.2) is 29.6 Å². The van der Waals surface area contributed by atoms with Crippen molar-refractivity contribution in [2.75, 3.05) is 29.9 Å². The molecule has 1 aromatic heterocycles. The maximum absolute atomic E-state index is 8.67. The van der Waals surface area contributed by atoms with Crippen LogP contribution in [0.1, 0.15) is 17.7 Å². The molecule has 1 aliphatic rings. The van der Waals surface area contributed by atoms with Gasteiger partial charge in [-0.2, -0.15) is 5.26 Å². The molecule has 2 aromatic rings. The van der Waals surface area contributed by atoms with E-state index in [9.17, 15) is 0 Å². The van der Waals surface area contributed by atoms with Gasteiger partial charge in [0.2, 0.25) is 0 Å². The third kappa shape index (κ3) is 3.11. The fraction of sp³-hybridized carbons (Fsp3) is 0.312. The average Bonchev–Trinajstić information content (AvgIpc) is 2.95. The van der Waals surface area contributed by atoms with Gasteiger partial charge in [0.15, 0.2) is 5.69 Å². The summed E-state index contributed by atoms with van der Waals surface area (Å²) < 4.78 is 0. The second-order valence-electron chi connectivity index (χ2n) is 5.04. The van der Waals surface area contributed by atoms with Crippen LogP contribution in [0.25, 0.3) is 0 Å². The van der Waals surface area contributed by atoms with Crippen molar-refractivity contribution in [3.63, 3.8) is 0 Å². The monoisotopic (exact) mass is 279 g/mol. The molecule has 2 heterocycles. The number of benzene rings is 1. The highest BCUT2D eigenvalue weighted by atomic mass is 15.1. The van der Waals surface area contributed by atoms with Gasteiger partial charge in [-0.05, 0) is 24.5 Å². The molecule has 0 saturated heterocycles. The van der Waals surface area contributed by atoms with Crippen LogP contribution in [0.4, 0.5) is 11.5 Å². The summed E-state index contributed by atoms with van der Waals surface area (Å²) in [6.07, 6.45) is 5.27. The summed E-state index contributed by atoms with van der Waals surface area (Å²) in [6, 6.07) is 10.6. The molecule has 0 aliphatic carbocycles. The second-order valence-corrected chi connectivity index (χ2v) is 5.04. The number of nitrogens with zero attached hydrogens (tertiary/aromatic N) is 4. The molecule has 0 radical (unpaired) electrons. The Morgan fingerprint density at radius 1 is 1.24 bits per heavy atom. The zero-order valence-corrected chi connectivity index (χ0v) is 11.8. The lowest BCUT2D eigenvalue weighted by molar-refractivity contribution is 0.772. The molecule has 21 heavy (non-hydrogen) atoms. The lowest BCUT2D eigenvalue weighted by Crippen LogP contribution is -2.23.